The minimum atomic E-state index is -0.762. The van der Waals surface area contributed by atoms with Crippen molar-refractivity contribution >= 4 is 0 Å². The lowest BCUT2D eigenvalue weighted by molar-refractivity contribution is -0.0632. The summed E-state index contributed by atoms with van der Waals surface area (Å²) in [6.07, 6.45) is 6.38. The Kier molecular flexibility index (Phi) is 3.50. The van der Waals surface area contributed by atoms with E-state index >= 15 is 0 Å². The number of ether oxygens (including phenoxy) is 2. The third-order valence-corrected chi connectivity index (χ3v) is 4.21. The van der Waals surface area contributed by atoms with E-state index in [-0.39, 0.29) is 6.10 Å². The standard InChI is InChI=1S/C16H22O3/c1-18-15-6-3-9-16(17,11-15)12-4-2-5-14(10-12)19-13-7-8-13/h2,4-5,10,13,15,17H,3,6-9,11H2,1H3. The van der Waals surface area contributed by atoms with Crippen molar-refractivity contribution in [1.82, 2.24) is 0 Å². The lowest BCUT2D eigenvalue weighted by Crippen LogP contribution is -2.35. The van der Waals surface area contributed by atoms with Gasteiger partial charge in [-0.15, -0.1) is 0 Å². The van der Waals surface area contributed by atoms with Crippen LogP contribution in [0.15, 0.2) is 24.3 Å². The van der Waals surface area contributed by atoms with Crippen molar-refractivity contribution in [2.45, 2.75) is 56.3 Å². The van der Waals surface area contributed by atoms with Gasteiger partial charge in [0.05, 0.1) is 17.8 Å². The molecular weight excluding hydrogens is 240 g/mol. The Morgan fingerprint density at radius 2 is 2.05 bits per heavy atom. The zero-order chi connectivity index (χ0) is 13.3. The molecule has 3 nitrogen and oxygen atoms in total. The molecule has 104 valence electrons. The smallest absolute Gasteiger partial charge is 0.120 e. The van der Waals surface area contributed by atoms with E-state index in [1.54, 1.807) is 7.11 Å². The van der Waals surface area contributed by atoms with Crippen molar-refractivity contribution < 1.29 is 14.6 Å². The number of hydrogen-bond donors (Lipinski definition) is 1. The second-order valence-corrected chi connectivity index (χ2v) is 5.83. The van der Waals surface area contributed by atoms with E-state index in [0.29, 0.717) is 12.5 Å². The predicted octanol–water partition coefficient (Wildman–Crippen LogP) is 3.00. The topological polar surface area (TPSA) is 38.7 Å². The summed E-state index contributed by atoms with van der Waals surface area (Å²) in [4.78, 5) is 0. The maximum absolute atomic E-state index is 10.9. The van der Waals surface area contributed by atoms with Gasteiger partial charge in [0.25, 0.3) is 0 Å². The van der Waals surface area contributed by atoms with Crippen LogP contribution >= 0.6 is 0 Å². The zero-order valence-corrected chi connectivity index (χ0v) is 11.5. The van der Waals surface area contributed by atoms with Gasteiger partial charge in [-0.3, -0.25) is 0 Å². The number of benzene rings is 1. The van der Waals surface area contributed by atoms with Gasteiger partial charge in [0.15, 0.2) is 0 Å². The Hall–Kier alpha value is -1.06. The highest BCUT2D eigenvalue weighted by Gasteiger charge is 2.36. The van der Waals surface area contributed by atoms with Crippen molar-refractivity contribution in [3.8, 4) is 5.75 Å². The van der Waals surface area contributed by atoms with Gasteiger partial charge < -0.3 is 14.6 Å². The average molecular weight is 262 g/mol. The second kappa shape index (κ2) is 5.14. The molecule has 0 radical (unpaired) electrons. The molecule has 1 aromatic rings. The van der Waals surface area contributed by atoms with Crippen molar-refractivity contribution in [1.29, 1.82) is 0 Å². The largest absolute Gasteiger partial charge is 0.490 e. The average Bonchev–Trinajstić information content (AvgIpc) is 3.23. The van der Waals surface area contributed by atoms with Crippen LogP contribution in [-0.4, -0.2) is 24.4 Å². The van der Waals surface area contributed by atoms with Crippen LogP contribution in [0.2, 0.25) is 0 Å². The second-order valence-electron chi connectivity index (χ2n) is 5.83. The van der Waals surface area contributed by atoms with Crippen molar-refractivity contribution in [3.63, 3.8) is 0 Å². The molecular formula is C16H22O3. The predicted molar refractivity (Wildman–Crippen MR) is 73.3 cm³/mol. The minimum Gasteiger partial charge on any atom is -0.490 e. The van der Waals surface area contributed by atoms with Gasteiger partial charge in [-0.1, -0.05) is 12.1 Å². The van der Waals surface area contributed by atoms with Gasteiger partial charge >= 0.3 is 0 Å². The first-order valence-electron chi connectivity index (χ1n) is 7.22. The monoisotopic (exact) mass is 262 g/mol. The fourth-order valence-electron chi connectivity index (χ4n) is 2.90. The SMILES string of the molecule is COC1CCCC(O)(c2cccc(OC3CC3)c2)C1. The van der Waals surface area contributed by atoms with E-state index in [2.05, 4.69) is 0 Å². The summed E-state index contributed by atoms with van der Waals surface area (Å²) in [5.74, 6) is 0.882. The van der Waals surface area contributed by atoms with Crippen molar-refractivity contribution in [3.05, 3.63) is 29.8 Å². The Bertz CT molecular complexity index is 441. The van der Waals surface area contributed by atoms with Gasteiger partial charge in [-0.2, -0.15) is 0 Å². The van der Waals surface area contributed by atoms with Crippen LogP contribution in [0.5, 0.6) is 5.75 Å². The molecule has 0 amide bonds. The van der Waals surface area contributed by atoms with E-state index in [4.69, 9.17) is 9.47 Å². The lowest BCUT2D eigenvalue weighted by atomic mass is 9.78. The van der Waals surface area contributed by atoms with Crippen LogP contribution in [0, 0.1) is 0 Å². The van der Waals surface area contributed by atoms with E-state index in [1.165, 1.54) is 0 Å². The van der Waals surface area contributed by atoms with Crippen LogP contribution in [0.3, 0.4) is 0 Å². The van der Waals surface area contributed by atoms with E-state index in [0.717, 1.165) is 43.4 Å². The molecule has 0 aromatic heterocycles. The molecule has 1 N–H and O–H groups in total. The number of aliphatic hydroxyl groups is 1. The highest BCUT2D eigenvalue weighted by atomic mass is 16.5. The molecule has 3 heteroatoms. The molecule has 3 rings (SSSR count). The third-order valence-electron chi connectivity index (χ3n) is 4.21. The van der Waals surface area contributed by atoms with Crippen LogP contribution in [0.25, 0.3) is 0 Å². The Balaban J connectivity index is 1.78. The number of rotatable bonds is 4. The fourth-order valence-corrected chi connectivity index (χ4v) is 2.90. The number of hydrogen-bond acceptors (Lipinski definition) is 3. The first kappa shape index (κ1) is 12.9. The minimum absolute atomic E-state index is 0.159. The Morgan fingerprint density at radius 1 is 1.21 bits per heavy atom. The molecule has 19 heavy (non-hydrogen) atoms. The van der Waals surface area contributed by atoms with Gasteiger partial charge in [-0.25, -0.2) is 0 Å². The van der Waals surface area contributed by atoms with Crippen LogP contribution < -0.4 is 4.74 Å². The molecule has 0 heterocycles. The summed E-state index contributed by atoms with van der Waals surface area (Å²) < 4.78 is 11.2. The van der Waals surface area contributed by atoms with Gasteiger partial charge in [0.2, 0.25) is 0 Å². The summed E-state index contributed by atoms with van der Waals surface area (Å²) in [6, 6.07) is 7.94. The summed E-state index contributed by atoms with van der Waals surface area (Å²) in [7, 11) is 1.73. The van der Waals surface area contributed by atoms with Crippen LogP contribution in [-0.2, 0) is 10.3 Å². The summed E-state index contributed by atoms with van der Waals surface area (Å²) in [5.41, 5.74) is 0.203. The van der Waals surface area contributed by atoms with Gasteiger partial charge in [-0.05, 0) is 49.8 Å². The van der Waals surface area contributed by atoms with E-state index in [1.807, 2.05) is 24.3 Å². The molecule has 0 bridgehead atoms. The summed E-state index contributed by atoms with van der Waals surface area (Å²) in [6.45, 7) is 0. The summed E-state index contributed by atoms with van der Waals surface area (Å²) >= 11 is 0. The van der Waals surface area contributed by atoms with Crippen LogP contribution in [0.1, 0.15) is 44.1 Å². The van der Waals surface area contributed by atoms with E-state index < -0.39 is 5.60 Å². The zero-order valence-electron chi connectivity index (χ0n) is 11.5. The molecule has 0 saturated heterocycles. The first-order chi connectivity index (χ1) is 9.19. The molecule has 2 atom stereocenters. The molecule has 1 aromatic carbocycles. The van der Waals surface area contributed by atoms with Gasteiger partial charge in [0, 0.05) is 13.5 Å². The lowest BCUT2D eigenvalue weighted by Gasteiger charge is -2.36. The van der Waals surface area contributed by atoms with Crippen molar-refractivity contribution in [2.24, 2.45) is 0 Å². The van der Waals surface area contributed by atoms with Crippen molar-refractivity contribution in [2.75, 3.05) is 7.11 Å². The highest BCUT2D eigenvalue weighted by Crippen LogP contribution is 2.39. The summed E-state index contributed by atoms with van der Waals surface area (Å²) in [5, 5.41) is 10.9. The molecule has 2 aliphatic carbocycles. The molecule has 0 aliphatic heterocycles. The number of methoxy groups -OCH3 is 1. The molecule has 2 unspecified atom stereocenters. The third kappa shape index (κ3) is 2.93. The quantitative estimate of drug-likeness (QED) is 0.906. The first-order valence-corrected chi connectivity index (χ1v) is 7.22. The molecule has 2 fully saturated rings. The molecule has 2 saturated carbocycles. The van der Waals surface area contributed by atoms with Gasteiger partial charge in [0.1, 0.15) is 5.75 Å². The van der Waals surface area contributed by atoms with Crippen LogP contribution in [0.4, 0.5) is 0 Å². The highest BCUT2D eigenvalue weighted by molar-refractivity contribution is 5.33. The fraction of sp³-hybridized carbons (Fsp3) is 0.625. The normalized spacial score (nSPS) is 31.2. The molecule has 0 spiro atoms. The Morgan fingerprint density at radius 3 is 2.79 bits per heavy atom. The Labute approximate surface area is 114 Å². The maximum atomic E-state index is 10.9. The molecule has 2 aliphatic rings. The maximum Gasteiger partial charge on any atom is 0.120 e. The van der Waals surface area contributed by atoms with E-state index in [9.17, 15) is 5.11 Å².